The molecule has 7 nitrogen and oxygen atoms in total. The first-order valence-electron chi connectivity index (χ1n) is 9.72. The summed E-state index contributed by atoms with van der Waals surface area (Å²) in [4.78, 5) is 22.5. The molecule has 1 fully saturated rings. The Morgan fingerprint density at radius 2 is 1.97 bits per heavy atom. The van der Waals surface area contributed by atoms with E-state index in [4.69, 9.17) is 0 Å². The van der Waals surface area contributed by atoms with Crippen molar-refractivity contribution in [2.45, 2.75) is 44.9 Å². The molecule has 1 aliphatic heterocycles. The van der Waals surface area contributed by atoms with Gasteiger partial charge in [-0.15, -0.1) is 11.3 Å². The second-order valence-corrected chi connectivity index (χ2v) is 11.9. The summed E-state index contributed by atoms with van der Waals surface area (Å²) in [5, 5.41) is 2.15. The van der Waals surface area contributed by atoms with Gasteiger partial charge in [0.25, 0.3) is 5.91 Å². The fourth-order valence-corrected chi connectivity index (χ4v) is 5.28. The lowest BCUT2D eigenvalue weighted by Gasteiger charge is -2.40. The molecule has 0 aromatic carbocycles. The number of nitrogens with one attached hydrogen (secondary N) is 1. The zero-order valence-electron chi connectivity index (χ0n) is 17.4. The predicted octanol–water partition coefficient (Wildman–Crippen LogP) is 3.34. The van der Waals surface area contributed by atoms with E-state index >= 15 is 0 Å². The Bertz CT molecular complexity index is 1190. The summed E-state index contributed by atoms with van der Waals surface area (Å²) in [6.07, 6.45) is 5.18. The highest BCUT2D eigenvalue weighted by atomic mass is 32.2. The summed E-state index contributed by atoms with van der Waals surface area (Å²) in [5.74, 6) is -3.11. The van der Waals surface area contributed by atoms with Gasteiger partial charge >= 0.3 is 0 Å². The van der Waals surface area contributed by atoms with Gasteiger partial charge in [0.15, 0.2) is 15.0 Å². The first kappa shape index (κ1) is 21.8. The Morgan fingerprint density at radius 3 is 2.45 bits per heavy atom. The second-order valence-electron chi connectivity index (χ2n) is 8.32. The zero-order chi connectivity index (χ0) is 22.7. The Balaban J connectivity index is 1.80. The topological polar surface area (TPSA) is 92.3 Å². The Hall–Kier alpha value is -2.40. The highest BCUT2D eigenvalue weighted by Gasteiger charge is 2.46. The summed E-state index contributed by atoms with van der Waals surface area (Å²) in [5.41, 5.74) is 1.37. The molecule has 0 bridgehead atoms. The van der Waals surface area contributed by atoms with Crippen LogP contribution >= 0.6 is 11.3 Å². The molecule has 1 aliphatic carbocycles. The van der Waals surface area contributed by atoms with Crippen molar-refractivity contribution in [2.75, 3.05) is 11.2 Å². The fraction of sp³-hybridized carbons (Fsp3) is 0.450. The maximum Gasteiger partial charge on any atom is 0.251 e. The lowest BCUT2D eigenvalue weighted by Crippen LogP contribution is -2.44. The third-order valence-corrected chi connectivity index (χ3v) is 8.46. The number of rotatable bonds is 5. The molecular formula is C20H22F2N4O3S2. The summed E-state index contributed by atoms with van der Waals surface area (Å²) in [7, 11) is -3.76. The third-order valence-electron chi connectivity index (χ3n) is 6.02. The predicted molar refractivity (Wildman–Crippen MR) is 115 cm³/mol. The molecule has 3 heterocycles. The van der Waals surface area contributed by atoms with E-state index in [1.807, 2.05) is 6.92 Å². The summed E-state index contributed by atoms with van der Waals surface area (Å²) < 4.78 is 51.7. The Labute approximate surface area is 183 Å². The van der Waals surface area contributed by atoms with Crippen molar-refractivity contribution in [1.82, 2.24) is 15.3 Å². The Morgan fingerprint density at radius 1 is 1.32 bits per heavy atom. The maximum absolute atomic E-state index is 13.8. The van der Waals surface area contributed by atoms with Crippen molar-refractivity contribution in [3.05, 3.63) is 40.7 Å². The molecule has 4 rings (SSSR count). The minimum absolute atomic E-state index is 0.0587. The van der Waals surface area contributed by atoms with Crippen LogP contribution in [-0.4, -0.2) is 41.8 Å². The number of sulfone groups is 1. The van der Waals surface area contributed by atoms with Gasteiger partial charge in [-0.3, -0.25) is 9.69 Å². The van der Waals surface area contributed by atoms with Crippen LogP contribution in [0.2, 0.25) is 0 Å². The van der Waals surface area contributed by atoms with Crippen molar-refractivity contribution in [2.24, 2.45) is 5.41 Å². The molecule has 31 heavy (non-hydrogen) atoms. The van der Waals surface area contributed by atoms with Crippen molar-refractivity contribution >= 4 is 43.6 Å². The van der Waals surface area contributed by atoms with Crippen LogP contribution < -0.4 is 10.2 Å². The number of carbonyl (C=O) groups excluding carboxylic acids is 1. The molecule has 0 spiro atoms. The van der Waals surface area contributed by atoms with Crippen molar-refractivity contribution in [3.63, 3.8) is 0 Å². The van der Waals surface area contributed by atoms with Gasteiger partial charge in [-0.2, -0.15) is 13.8 Å². The molecule has 3 unspecified atom stereocenters. The first-order chi connectivity index (χ1) is 14.4. The molecule has 0 radical (unpaired) electrons. The smallest absolute Gasteiger partial charge is 0.251 e. The molecule has 2 aliphatic rings. The van der Waals surface area contributed by atoms with Crippen LogP contribution in [0.25, 0.3) is 5.70 Å². The first-order valence-corrected chi connectivity index (χ1v) is 12.5. The molecule has 11 heteroatoms. The zero-order valence-corrected chi connectivity index (χ0v) is 19.1. The SMILES string of the molecule is Cc1sc(N(C(=O)C(C)S(C)(=O)=O)c2cc(F)nc(F)c2)nc1C1=CC2(C)CCC2N1. The standard InChI is InChI=1S/C20H22F2N4O3S2/c1-10-17(13-9-20(3)6-5-14(20)23-13)25-19(30-10)26(18(27)11(2)31(4,28)29)12-7-15(21)24-16(22)8-12/h7-9,11,14,23H,5-6H2,1-4H3. The highest BCUT2D eigenvalue weighted by molar-refractivity contribution is 7.92. The van der Waals surface area contributed by atoms with E-state index in [2.05, 4.69) is 28.3 Å². The number of anilines is 2. The highest BCUT2D eigenvalue weighted by Crippen LogP contribution is 2.49. The van der Waals surface area contributed by atoms with E-state index in [1.54, 1.807) is 0 Å². The summed E-state index contributed by atoms with van der Waals surface area (Å²) in [6, 6.07) is 2.08. The van der Waals surface area contributed by atoms with Gasteiger partial charge in [-0.25, -0.2) is 13.4 Å². The molecule has 166 valence electrons. The Kier molecular flexibility index (Phi) is 5.16. The number of halogens is 2. The summed E-state index contributed by atoms with van der Waals surface area (Å²) in [6.45, 7) is 5.23. The number of carbonyl (C=O) groups is 1. The number of pyridine rings is 1. The van der Waals surface area contributed by atoms with Crippen LogP contribution in [0, 0.1) is 24.2 Å². The number of thiazole rings is 1. The minimum atomic E-state index is -3.76. The number of aromatic nitrogens is 2. The van der Waals surface area contributed by atoms with Crippen LogP contribution in [0.4, 0.5) is 19.6 Å². The molecule has 0 saturated heterocycles. The van der Waals surface area contributed by atoms with Gasteiger partial charge in [-0.1, -0.05) is 13.0 Å². The van der Waals surface area contributed by atoms with E-state index in [0.29, 0.717) is 11.7 Å². The van der Waals surface area contributed by atoms with Crippen molar-refractivity contribution in [3.8, 4) is 0 Å². The van der Waals surface area contributed by atoms with Gasteiger partial charge < -0.3 is 5.32 Å². The van der Waals surface area contributed by atoms with E-state index in [1.165, 1.54) is 6.92 Å². The average molecular weight is 469 g/mol. The number of aryl methyl sites for hydroxylation is 1. The van der Waals surface area contributed by atoms with Crippen LogP contribution in [0.15, 0.2) is 18.2 Å². The fourth-order valence-electron chi connectivity index (χ4n) is 3.86. The van der Waals surface area contributed by atoms with Gasteiger partial charge in [0.1, 0.15) is 10.9 Å². The van der Waals surface area contributed by atoms with Crippen LogP contribution in [0.1, 0.15) is 37.3 Å². The van der Waals surface area contributed by atoms with Gasteiger partial charge in [0.05, 0.1) is 11.4 Å². The molecule has 2 aromatic rings. The van der Waals surface area contributed by atoms with E-state index < -0.39 is 32.9 Å². The average Bonchev–Trinajstić information content (AvgIpc) is 3.12. The van der Waals surface area contributed by atoms with Gasteiger partial charge in [0.2, 0.25) is 11.9 Å². The molecule has 2 aromatic heterocycles. The van der Waals surface area contributed by atoms with E-state index in [-0.39, 0.29) is 16.2 Å². The number of nitrogens with zero attached hydrogens (tertiary/aromatic N) is 3. The quantitative estimate of drug-likeness (QED) is 0.677. The molecule has 3 atom stereocenters. The summed E-state index contributed by atoms with van der Waals surface area (Å²) >= 11 is 1.15. The normalized spacial score (nSPS) is 23.4. The number of hydrogen-bond donors (Lipinski definition) is 1. The van der Waals surface area contributed by atoms with Crippen LogP contribution in [0.5, 0.6) is 0 Å². The minimum Gasteiger partial charge on any atom is -0.380 e. The lowest BCUT2D eigenvalue weighted by atomic mass is 9.67. The van der Waals surface area contributed by atoms with Crippen molar-refractivity contribution in [1.29, 1.82) is 0 Å². The molecule has 1 saturated carbocycles. The largest absolute Gasteiger partial charge is 0.380 e. The van der Waals surface area contributed by atoms with Crippen molar-refractivity contribution < 1.29 is 22.0 Å². The molecule has 1 N–H and O–H groups in total. The van der Waals surface area contributed by atoms with E-state index in [9.17, 15) is 22.0 Å². The molecule has 1 amide bonds. The van der Waals surface area contributed by atoms with Gasteiger partial charge in [0, 0.05) is 34.7 Å². The monoisotopic (exact) mass is 468 g/mol. The number of fused-ring (bicyclic) bond motifs is 1. The molecular weight excluding hydrogens is 446 g/mol. The third kappa shape index (κ3) is 3.84. The lowest BCUT2D eigenvalue weighted by molar-refractivity contribution is -0.117. The van der Waals surface area contributed by atoms with Crippen LogP contribution in [-0.2, 0) is 14.6 Å². The number of hydrogen-bond acceptors (Lipinski definition) is 7. The van der Waals surface area contributed by atoms with Crippen LogP contribution in [0.3, 0.4) is 0 Å². The maximum atomic E-state index is 13.8. The number of amides is 1. The van der Waals surface area contributed by atoms with Gasteiger partial charge in [-0.05, 0) is 26.7 Å². The second kappa shape index (κ2) is 7.33. The van der Waals surface area contributed by atoms with E-state index in [0.717, 1.165) is 58.0 Å².